The number of hydrogen-bond donors (Lipinski definition) is 2. The summed E-state index contributed by atoms with van der Waals surface area (Å²) in [7, 11) is 0. The molecule has 0 aromatic heterocycles. The van der Waals surface area contributed by atoms with E-state index in [-0.39, 0.29) is 12.6 Å². The summed E-state index contributed by atoms with van der Waals surface area (Å²) in [4.78, 5) is 25.0. The number of benzene rings is 2. The Balaban J connectivity index is 1.59. The third-order valence-corrected chi connectivity index (χ3v) is 4.33. The summed E-state index contributed by atoms with van der Waals surface area (Å²) >= 11 is 0. The van der Waals surface area contributed by atoms with Crippen LogP contribution >= 0.6 is 0 Å². The molecule has 1 aliphatic heterocycles. The van der Waals surface area contributed by atoms with Crippen LogP contribution in [0.4, 0.5) is 10.5 Å². The van der Waals surface area contributed by atoms with Crippen molar-refractivity contribution in [3.63, 3.8) is 0 Å². The van der Waals surface area contributed by atoms with Gasteiger partial charge in [0, 0.05) is 18.8 Å². The standard InChI is InChI=1S/C20H22N2O4/c23-19(24)14-26-17-10-8-15(9-11-17)13-21-20(25)22-12-4-3-6-16-5-1-2-7-18(16)22/h1-2,5,7-11H,3-4,6,12-14H2,(H,21,25)(H,23,24). The summed E-state index contributed by atoms with van der Waals surface area (Å²) in [6.07, 6.45) is 3.06. The van der Waals surface area contributed by atoms with Crippen LogP contribution in [-0.2, 0) is 17.8 Å². The lowest BCUT2D eigenvalue weighted by Crippen LogP contribution is -2.40. The third kappa shape index (κ3) is 4.53. The number of hydrogen-bond acceptors (Lipinski definition) is 3. The zero-order chi connectivity index (χ0) is 18.4. The van der Waals surface area contributed by atoms with Gasteiger partial charge in [-0.3, -0.25) is 4.90 Å². The summed E-state index contributed by atoms with van der Waals surface area (Å²) in [5, 5.41) is 11.6. The van der Waals surface area contributed by atoms with Crippen molar-refractivity contribution in [2.24, 2.45) is 0 Å². The topological polar surface area (TPSA) is 78.9 Å². The molecule has 0 radical (unpaired) electrons. The van der Waals surface area contributed by atoms with Crippen LogP contribution in [0.1, 0.15) is 24.0 Å². The summed E-state index contributed by atoms with van der Waals surface area (Å²) in [5.41, 5.74) is 3.11. The fraction of sp³-hybridized carbons (Fsp3) is 0.300. The van der Waals surface area contributed by atoms with E-state index in [9.17, 15) is 9.59 Å². The maximum absolute atomic E-state index is 12.7. The van der Waals surface area contributed by atoms with Gasteiger partial charge in [0.1, 0.15) is 5.75 Å². The van der Waals surface area contributed by atoms with Gasteiger partial charge in [0.15, 0.2) is 6.61 Å². The van der Waals surface area contributed by atoms with E-state index in [1.165, 1.54) is 5.56 Å². The molecule has 2 N–H and O–H groups in total. The fourth-order valence-electron chi connectivity index (χ4n) is 3.02. The van der Waals surface area contributed by atoms with E-state index in [1.54, 1.807) is 12.1 Å². The van der Waals surface area contributed by atoms with Crippen molar-refractivity contribution in [3.05, 3.63) is 59.7 Å². The second kappa shape index (κ2) is 8.38. The molecular formula is C20H22N2O4. The van der Waals surface area contributed by atoms with Crippen LogP contribution in [0.3, 0.4) is 0 Å². The Morgan fingerprint density at radius 3 is 2.62 bits per heavy atom. The fourth-order valence-corrected chi connectivity index (χ4v) is 3.02. The smallest absolute Gasteiger partial charge is 0.341 e. The van der Waals surface area contributed by atoms with Gasteiger partial charge in [0.05, 0.1) is 0 Å². The number of anilines is 1. The highest BCUT2D eigenvalue weighted by molar-refractivity contribution is 5.92. The lowest BCUT2D eigenvalue weighted by atomic mass is 10.1. The number of nitrogens with one attached hydrogen (secondary N) is 1. The van der Waals surface area contributed by atoms with Gasteiger partial charge in [-0.2, -0.15) is 0 Å². The Morgan fingerprint density at radius 2 is 1.85 bits per heavy atom. The van der Waals surface area contributed by atoms with Crippen LogP contribution in [0.15, 0.2) is 48.5 Å². The number of urea groups is 1. The first kappa shape index (κ1) is 17.8. The molecule has 0 spiro atoms. The highest BCUT2D eigenvalue weighted by Gasteiger charge is 2.20. The van der Waals surface area contributed by atoms with Crippen molar-refractivity contribution in [2.75, 3.05) is 18.1 Å². The second-order valence-corrected chi connectivity index (χ2v) is 6.22. The van der Waals surface area contributed by atoms with Crippen LogP contribution in [0.25, 0.3) is 0 Å². The molecular weight excluding hydrogens is 332 g/mol. The Kier molecular flexibility index (Phi) is 5.73. The summed E-state index contributed by atoms with van der Waals surface area (Å²) in [6, 6.07) is 15.0. The highest BCUT2D eigenvalue weighted by atomic mass is 16.5. The molecule has 2 aromatic carbocycles. The average molecular weight is 354 g/mol. The van der Waals surface area contributed by atoms with E-state index in [0.29, 0.717) is 18.8 Å². The zero-order valence-corrected chi connectivity index (χ0v) is 14.5. The van der Waals surface area contributed by atoms with E-state index >= 15 is 0 Å². The minimum absolute atomic E-state index is 0.106. The number of aliphatic carboxylic acids is 1. The van der Waals surface area contributed by atoms with Crippen LogP contribution in [-0.4, -0.2) is 30.3 Å². The van der Waals surface area contributed by atoms with Crippen molar-refractivity contribution in [3.8, 4) is 5.75 Å². The first-order valence-electron chi connectivity index (χ1n) is 8.70. The van der Waals surface area contributed by atoms with Crippen molar-refractivity contribution in [1.82, 2.24) is 5.32 Å². The molecule has 1 heterocycles. The lowest BCUT2D eigenvalue weighted by molar-refractivity contribution is -0.139. The van der Waals surface area contributed by atoms with E-state index in [1.807, 2.05) is 35.2 Å². The Hall–Kier alpha value is -3.02. The molecule has 0 saturated heterocycles. The Morgan fingerprint density at radius 1 is 1.08 bits per heavy atom. The molecule has 6 nitrogen and oxygen atoms in total. The molecule has 0 bridgehead atoms. The van der Waals surface area contributed by atoms with Gasteiger partial charge in [0.2, 0.25) is 0 Å². The van der Waals surface area contributed by atoms with E-state index in [2.05, 4.69) is 11.4 Å². The quantitative estimate of drug-likeness (QED) is 0.864. The van der Waals surface area contributed by atoms with Gasteiger partial charge < -0.3 is 15.2 Å². The number of carbonyl (C=O) groups is 2. The number of carbonyl (C=O) groups excluding carboxylic acids is 1. The third-order valence-electron chi connectivity index (χ3n) is 4.33. The van der Waals surface area contributed by atoms with Crippen molar-refractivity contribution in [1.29, 1.82) is 0 Å². The van der Waals surface area contributed by atoms with Crippen molar-refractivity contribution >= 4 is 17.7 Å². The maximum atomic E-state index is 12.7. The first-order chi connectivity index (χ1) is 12.6. The van der Waals surface area contributed by atoms with Gasteiger partial charge in [0.25, 0.3) is 0 Å². The van der Waals surface area contributed by atoms with Crippen LogP contribution in [0, 0.1) is 0 Å². The van der Waals surface area contributed by atoms with Crippen molar-refractivity contribution < 1.29 is 19.4 Å². The van der Waals surface area contributed by atoms with Crippen molar-refractivity contribution in [2.45, 2.75) is 25.8 Å². The molecule has 0 unspecified atom stereocenters. The molecule has 0 atom stereocenters. The number of nitrogens with zero attached hydrogens (tertiary/aromatic N) is 1. The number of amides is 2. The molecule has 1 aliphatic rings. The SMILES string of the molecule is O=C(O)COc1ccc(CNC(=O)N2CCCCc3ccccc32)cc1. The molecule has 2 aromatic rings. The van der Waals surface area contributed by atoms with E-state index in [4.69, 9.17) is 9.84 Å². The summed E-state index contributed by atoms with van der Waals surface area (Å²) in [5.74, 6) is -0.525. The summed E-state index contributed by atoms with van der Waals surface area (Å²) < 4.78 is 5.10. The predicted molar refractivity (Wildman–Crippen MR) is 98.5 cm³/mol. The van der Waals surface area contributed by atoms with Crippen LogP contribution < -0.4 is 15.0 Å². The predicted octanol–water partition coefficient (Wildman–Crippen LogP) is 3.20. The number of carboxylic acids is 1. The molecule has 0 aliphatic carbocycles. The van der Waals surface area contributed by atoms with Gasteiger partial charge >= 0.3 is 12.0 Å². The van der Waals surface area contributed by atoms with Crippen LogP contribution in [0.2, 0.25) is 0 Å². The molecule has 136 valence electrons. The maximum Gasteiger partial charge on any atom is 0.341 e. The largest absolute Gasteiger partial charge is 0.482 e. The van der Waals surface area contributed by atoms with E-state index in [0.717, 1.165) is 30.5 Å². The molecule has 2 amide bonds. The van der Waals surface area contributed by atoms with Gasteiger partial charge in [-0.1, -0.05) is 30.3 Å². The molecule has 26 heavy (non-hydrogen) atoms. The minimum atomic E-state index is -1.01. The molecule has 0 fully saturated rings. The molecule has 0 saturated carbocycles. The number of aryl methyl sites for hydroxylation is 1. The van der Waals surface area contributed by atoms with Gasteiger partial charge in [-0.25, -0.2) is 9.59 Å². The van der Waals surface area contributed by atoms with Crippen LogP contribution in [0.5, 0.6) is 5.75 Å². The van der Waals surface area contributed by atoms with E-state index < -0.39 is 5.97 Å². The number of ether oxygens (including phenoxy) is 1. The minimum Gasteiger partial charge on any atom is -0.482 e. The first-order valence-corrected chi connectivity index (χ1v) is 8.70. The Bertz CT molecular complexity index is 774. The normalized spacial score (nSPS) is 13.5. The van der Waals surface area contributed by atoms with Gasteiger partial charge in [-0.05, 0) is 48.6 Å². The number of fused-ring (bicyclic) bond motifs is 1. The number of para-hydroxylation sites is 1. The number of carboxylic acid groups (broad SMARTS) is 1. The monoisotopic (exact) mass is 354 g/mol. The zero-order valence-electron chi connectivity index (χ0n) is 14.5. The summed E-state index contributed by atoms with van der Waals surface area (Å²) in [6.45, 7) is 0.742. The highest BCUT2D eigenvalue weighted by Crippen LogP contribution is 2.26. The molecule has 6 heteroatoms. The second-order valence-electron chi connectivity index (χ2n) is 6.22. The van der Waals surface area contributed by atoms with Gasteiger partial charge in [-0.15, -0.1) is 0 Å². The lowest BCUT2D eigenvalue weighted by Gasteiger charge is -2.23. The molecule has 3 rings (SSSR count). The average Bonchev–Trinajstić information content (AvgIpc) is 2.88. The number of rotatable bonds is 5. The Labute approximate surface area is 152 Å².